The number of amides is 2. The van der Waals surface area contributed by atoms with Crippen LogP contribution in [0, 0.1) is 0 Å². The van der Waals surface area contributed by atoms with E-state index in [1.807, 2.05) is 6.07 Å². The van der Waals surface area contributed by atoms with Crippen LogP contribution in [-0.4, -0.2) is 70.1 Å². The van der Waals surface area contributed by atoms with Crippen molar-refractivity contribution < 1.29 is 18.0 Å². The van der Waals surface area contributed by atoms with Gasteiger partial charge in [0.25, 0.3) is 5.91 Å². The molecule has 2 aromatic carbocycles. The average Bonchev–Trinajstić information content (AvgIpc) is 3.20. The quantitative estimate of drug-likeness (QED) is 0.601. The Hall–Kier alpha value is -2.54. The van der Waals surface area contributed by atoms with E-state index in [1.54, 1.807) is 47.0 Å². The number of piperazine rings is 1. The topological polar surface area (TPSA) is 113 Å². The molecule has 5 rings (SSSR count). The van der Waals surface area contributed by atoms with Gasteiger partial charge in [0.15, 0.2) is 0 Å². The molecule has 0 bridgehead atoms. The van der Waals surface area contributed by atoms with Crippen LogP contribution in [0.4, 0.5) is 5.69 Å². The summed E-state index contributed by atoms with van der Waals surface area (Å²) < 4.78 is 36.0. The van der Waals surface area contributed by atoms with Crippen molar-refractivity contribution in [2.24, 2.45) is 0 Å². The van der Waals surface area contributed by atoms with E-state index in [9.17, 15) is 18.0 Å². The van der Waals surface area contributed by atoms with Gasteiger partial charge in [0.2, 0.25) is 15.9 Å². The van der Waals surface area contributed by atoms with Crippen molar-refractivity contribution in [1.29, 1.82) is 0 Å². The van der Waals surface area contributed by atoms with Crippen LogP contribution in [0.25, 0.3) is 11.0 Å². The summed E-state index contributed by atoms with van der Waals surface area (Å²) in [5.74, 6) is 0.455. The van der Waals surface area contributed by atoms with Crippen molar-refractivity contribution in [2.45, 2.75) is 16.2 Å². The lowest BCUT2D eigenvalue weighted by molar-refractivity contribution is -0.115. The Morgan fingerprint density at radius 1 is 1.06 bits per heavy atom. The number of carbonyl (C=O) groups is 2. The van der Waals surface area contributed by atoms with Crippen LogP contribution in [0.1, 0.15) is 16.8 Å². The third kappa shape index (κ3) is 3.87. The van der Waals surface area contributed by atoms with E-state index in [2.05, 4.69) is 14.1 Å². The van der Waals surface area contributed by atoms with Gasteiger partial charge in [0.1, 0.15) is 15.9 Å². The predicted octanol–water partition coefficient (Wildman–Crippen LogP) is 2.27. The normalized spacial score (nSPS) is 17.6. The number of benzene rings is 2. The maximum atomic E-state index is 13.2. The molecule has 32 heavy (non-hydrogen) atoms. The molecule has 166 valence electrons. The van der Waals surface area contributed by atoms with Crippen molar-refractivity contribution in [1.82, 2.24) is 18.0 Å². The number of nitrogens with one attached hydrogen (secondary N) is 1. The van der Waals surface area contributed by atoms with Crippen molar-refractivity contribution in [3.63, 3.8) is 0 Å². The summed E-state index contributed by atoms with van der Waals surface area (Å²) in [7, 11) is -3.75. The van der Waals surface area contributed by atoms with Gasteiger partial charge in [-0.2, -0.15) is 13.1 Å². The van der Waals surface area contributed by atoms with Crippen LogP contribution in [0.2, 0.25) is 0 Å². The average molecular weight is 490 g/mol. The Bertz CT molecular complexity index is 1320. The van der Waals surface area contributed by atoms with Crippen molar-refractivity contribution >= 4 is 62.0 Å². The van der Waals surface area contributed by atoms with E-state index < -0.39 is 10.0 Å². The summed E-state index contributed by atoms with van der Waals surface area (Å²) in [6.07, 6.45) is 0.434. The Morgan fingerprint density at radius 2 is 1.88 bits per heavy atom. The van der Waals surface area contributed by atoms with E-state index in [1.165, 1.54) is 4.31 Å². The monoisotopic (exact) mass is 489 g/mol. The van der Waals surface area contributed by atoms with Crippen LogP contribution in [0.5, 0.6) is 0 Å². The summed E-state index contributed by atoms with van der Waals surface area (Å²) in [4.78, 5) is 27.6. The molecule has 9 nitrogen and oxygen atoms in total. The number of hydrogen-bond donors (Lipinski definition) is 1. The first-order valence-corrected chi connectivity index (χ1v) is 13.2. The highest BCUT2D eigenvalue weighted by Crippen LogP contribution is 2.32. The fourth-order valence-electron chi connectivity index (χ4n) is 3.80. The molecule has 2 amide bonds. The molecule has 0 radical (unpaired) electrons. The Labute approximate surface area is 193 Å². The maximum absolute atomic E-state index is 13.2. The molecule has 0 spiro atoms. The minimum Gasteiger partial charge on any atom is -0.336 e. The van der Waals surface area contributed by atoms with Crippen LogP contribution < -0.4 is 5.32 Å². The van der Waals surface area contributed by atoms with Crippen molar-refractivity contribution in [3.05, 3.63) is 42.0 Å². The largest absolute Gasteiger partial charge is 0.336 e. The Morgan fingerprint density at radius 3 is 2.69 bits per heavy atom. The number of sulfonamides is 1. The minimum atomic E-state index is -3.75. The first-order valence-electron chi connectivity index (χ1n) is 10.0. The fourth-order valence-corrected chi connectivity index (χ4v) is 6.91. The van der Waals surface area contributed by atoms with Crippen LogP contribution in [0.15, 0.2) is 46.2 Å². The number of hydrogen-bond acceptors (Lipinski definition) is 8. The van der Waals surface area contributed by atoms with E-state index in [0.717, 1.165) is 16.6 Å². The van der Waals surface area contributed by atoms with Crippen LogP contribution in [0.3, 0.4) is 0 Å². The zero-order valence-corrected chi connectivity index (χ0v) is 19.3. The van der Waals surface area contributed by atoms with Crippen molar-refractivity contribution in [3.8, 4) is 0 Å². The standard InChI is InChI=1S/C20H19N5O4S3/c26-18-6-11-30-16-5-4-13(12-15(16)21-18)20(27)24-7-9-25(10-8-24)32(28,29)17-3-1-2-14-19(17)23-31-22-14/h1-5,12H,6-11H2,(H,21,26). The zero-order chi connectivity index (χ0) is 22.3. The van der Waals surface area contributed by atoms with Gasteiger partial charge in [-0.25, -0.2) is 8.42 Å². The lowest BCUT2D eigenvalue weighted by Crippen LogP contribution is -2.50. The molecule has 12 heteroatoms. The van der Waals surface area contributed by atoms with Crippen molar-refractivity contribution in [2.75, 3.05) is 37.2 Å². The molecular formula is C20H19N5O4S3. The molecule has 1 N–H and O–H groups in total. The van der Waals surface area contributed by atoms with Crippen LogP contribution in [-0.2, 0) is 14.8 Å². The zero-order valence-electron chi connectivity index (χ0n) is 16.9. The molecule has 0 unspecified atom stereocenters. The third-order valence-corrected chi connectivity index (χ3v) is 9.03. The van der Waals surface area contributed by atoms with Gasteiger partial charge in [-0.3, -0.25) is 9.59 Å². The molecule has 3 aromatic rings. The number of aromatic nitrogens is 2. The molecule has 0 aliphatic carbocycles. The molecule has 2 aliphatic heterocycles. The lowest BCUT2D eigenvalue weighted by Gasteiger charge is -2.34. The predicted molar refractivity (Wildman–Crippen MR) is 122 cm³/mol. The highest BCUT2D eigenvalue weighted by Gasteiger charge is 2.32. The molecule has 1 aromatic heterocycles. The van der Waals surface area contributed by atoms with Gasteiger partial charge in [0, 0.05) is 48.8 Å². The van der Waals surface area contributed by atoms with E-state index in [-0.39, 0.29) is 42.9 Å². The Kier molecular flexibility index (Phi) is 5.61. The van der Waals surface area contributed by atoms with Gasteiger partial charge in [-0.1, -0.05) is 6.07 Å². The SMILES string of the molecule is O=C1CCSc2ccc(C(=O)N3CCN(S(=O)(=O)c4cccc5nsnc45)CC3)cc2N1. The second kappa shape index (κ2) is 8.43. The minimum absolute atomic E-state index is 0.0648. The van der Waals surface area contributed by atoms with Gasteiger partial charge >= 0.3 is 0 Å². The summed E-state index contributed by atoms with van der Waals surface area (Å²) in [6, 6.07) is 10.2. The Balaban J connectivity index is 1.31. The molecule has 1 saturated heterocycles. The van der Waals surface area contributed by atoms with Crippen LogP contribution >= 0.6 is 23.5 Å². The first kappa shape index (κ1) is 21.3. The molecule has 2 aliphatic rings. The highest BCUT2D eigenvalue weighted by molar-refractivity contribution is 7.99. The number of carbonyl (C=O) groups excluding carboxylic acids is 2. The molecule has 0 atom stereocenters. The van der Waals surface area contributed by atoms with Gasteiger partial charge in [-0.05, 0) is 30.3 Å². The fraction of sp³-hybridized carbons (Fsp3) is 0.300. The molecular weight excluding hydrogens is 470 g/mol. The molecule has 0 saturated carbocycles. The second-order valence-corrected chi connectivity index (χ2v) is 11.0. The first-order chi connectivity index (χ1) is 15.4. The van der Waals surface area contributed by atoms with E-state index in [0.29, 0.717) is 34.5 Å². The number of fused-ring (bicyclic) bond motifs is 2. The lowest BCUT2D eigenvalue weighted by atomic mass is 10.1. The molecule has 3 heterocycles. The van der Waals surface area contributed by atoms with E-state index in [4.69, 9.17) is 0 Å². The van der Waals surface area contributed by atoms with Gasteiger partial charge < -0.3 is 10.2 Å². The van der Waals surface area contributed by atoms with Gasteiger partial charge in [0.05, 0.1) is 17.4 Å². The molecule has 1 fully saturated rings. The number of anilines is 1. The van der Waals surface area contributed by atoms with E-state index >= 15 is 0 Å². The summed E-state index contributed by atoms with van der Waals surface area (Å²) >= 11 is 2.56. The number of rotatable bonds is 3. The number of thioether (sulfide) groups is 1. The smallest absolute Gasteiger partial charge is 0.254 e. The summed E-state index contributed by atoms with van der Waals surface area (Å²) in [5, 5.41) is 2.85. The summed E-state index contributed by atoms with van der Waals surface area (Å²) in [5.41, 5.74) is 2.05. The summed E-state index contributed by atoms with van der Waals surface area (Å²) in [6.45, 7) is 0.947. The number of nitrogens with zero attached hydrogens (tertiary/aromatic N) is 4. The maximum Gasteiger partial charge on any atom is 0.254 e. The second-order valence-electron chi connectivity index (χ2n) is 7.44. The van der Waals surface area contributed by atoms with Gasteiger partial charge in [-0.15, -0.1) is 11.8 Å². The third-order valence-electron chi connectivity index (χ3n) is 5.48. The highest BCUT2D eigenvalue weighted by atomic mass is 32.2.